The van der Waals surface area contributed by atoms with E-state index in [1.54, 1.807) is 0 Å². The van der Waals surface area contributed by atoms with Crippen LogP contribution in [0.3, 0.4) is 0 Å². The standard InChI is InChI=1S/C23H32O2Si/c1-7-24-16-23(17-25-26(5,6)22(2,3)4)20-14-10-8-12-18(20)19-13-9-11-15-21(19)23/h8-15H,7,16-17H2,1-6H3. The third-order valence-electron chi connectivity index (χ3n) is 6.21. The molecule has 2 nitrogen and oxygen atoms in total. The molecule has 0 bridgehead atoms. The number of rotatable bonds is 6. The topological polar surface area (TPSA) is 18.5 Å². The van der Waals surface area contributed by atoms with Gasteiger partial charge in [-0.2, -0.15) is 0 Å². The summed E-state index contributed by atoms with van der Waals surface area (Å²) in [7, 11) is -1.86. The van der Waals surface area contributed by atoms with Crippen LogP contribution in [0.25, 0.3) is 11.1 Å². The average molecular weight is 369 g/mol. The van der Waals surface area contributed by atoms with Gasteiger partial charge in [0.1, 0.15) is 0 Å². The molecule has 1 aliphatic rings. The predicted octanol–water partition coefficient (Wildman–Crippen LogP) is 6.01. The second-order valence-corrected chi connectivity index (χ2v) is 13.7. The molecular formula is C23H32O2Si. The van der Waals surface area contributed by atoms with E-state index >= 15 is 0 Å². The van der Waals surface area contributed by atoms with Crippen molar-refractivity contribution in [1.29, 1.82) is 0 Å². The fourth-order valence-electron chi connectivity index (χ4n) is 3.56. The molecule has 1 aliphatic carbocycles. The number of fused-ring (bicyclic) bond motifs is 3. The van der Waals surface area contributed by atoms with Gasteiger partial charge < -0.3 is 9.16 Å². The normalized spacial score (nSPS) is 15.6. The van der Waals surface area contributed by atoms with Crippen LogP contribution in [0.2, 0.25) is 18.1 Å². The zero-order valence-corrected chi connectivity index (χ0v) is 18.1. The lowest BCUT2D eigenvalue weighted by Crippen LogP contribution is -2.46. The summed E-state index contributed by atoms with van der Waals surface area (Å²) in [4.78, 5) is 0. The van der Waals surface area contributed by atoms with Gasteiger partial charge in [-0.25, -0.2) is 0 Å². The van der Waals surface area contributed by atoms with Crippen molar-refractivity contribution in [3.8, 4) is 11.1 Å². The van der Waals surface area contributed by atoms with Gasteiger partial charge in [0.15, 0.2) is 8.32 Å². The first-order chi connectivity index (χ1) is 12.2. The molecule has 0 heterocycles. The van der Waals surface area contributed by atoms with Crippen LogP contribution in [0.15, 0.2) is 48.5 Å². The Bertz CT molecular complexity index is 728. The van der Waals surface area contributed by atoms with Crippen molar-refractivity contribution in [3.05, 3.63) is 59.7 Å². The predicted molar refractivity (Wildman–Crippen MR) is 112 cm³/mol. The summed E-state index contributed by atoms with van der Waals surface area (Å²) >= 11 is 0. The van der Waals surface area contributed by atoms with Crippen LogP contribution in [0, 0.1) is 0 Å². The van der Waals surface area contributed by atoms with Gasteiger partial charge in [0.2, 0.25) is 0 Å². The molecule has 0 atom stereocenters. The van der Waals surface area contributed by atoms with Gasteiger partial charge in [0.25, 0.3) is 0 Å². The maximum absolute atomic E-state index is 6.75. The molecule has 0 fully saturated rings. The Balaban J connectivity index is 2.08. The highest BCUT2D eigenvalue weighted by molar-refractivity contribution is 6.74. The lowest BCUT2D eigenvalue weighted by Gasteiger charge is -2.40. The minimum atomic E-state index is -1.86. The zero-order chi connectivity index (χ0) is 19.0. The van der Waals surface area contributed by atoms with Crippen molar-refractivity contribution in [3.63, 3.8) is 0 Å². The van der Waals surface area contributed by atoms with Crippen molar-refractivity contribution in [2.45, 2.75) is 51.2 Å². The summed E-state index contributed by atoms with van der Waals surface area (Å²) in [6.07, 6.45) is 0. The first kappa shape index (κ1) is 19.3. The summed E-state index contributed by atoms with van der Waals surface area (Å²) < 4.78 is 12.8. The van der Waals surface area contributed by atoms with Crippen LogP contribution in [-0.4, -0.2) is 28.1 Å². The lowest BCUT2D eigenvalue weighted by molar-refractivity contribution is 0.0804. The molecule has 0 saturated heterocycles. The van der Waals surface area contributed by atoms with E-state index in [2.05, 4.69) is 89.3 Å². The van der Waals surface area contributed by atoms with Crippen molar-refractivity contribution in [2.75, 3.05) is 19.8 Å². The highest BCUT2D eigenvalue weighted by Gasteiger charge is 2.46. The smallest absolute Gasteiger partial charge is 0.192 e. The molecule has 0 aromatic heterocycles. The van der Waals surface area contributed by atoms with Crippen molar-refractivity contribution >= 4 is 8.32 Å². The van der Waals surface area contributed by atoms with Gasteiger partial charge in [-0.1, -0.05) is 69.3 Å². The molecule has 0 spiro atoms. The van der Waals surface area contributed by atoms with Crippen molar-refractivity contribution in [1.82, 2.24) is 0 Å². The number of ether oxygens (including phenoxy) is 1. The summed E-state index contributed by atoms with van der Waals surface area (Å²) in [6, 6.07) is 17.5. The fraction of sp³-hybridized carbons (Fsp3) is 0.478. The van der Waals surface area contributed by atoms with Gasteiger partial charge in [-0.15, -0.1) is 0 Å². The largest absolute Gasteiger partial charge is 0.415 e. The molecular weight excluding hydrogens is 336 g/mol. The van der Waals surface area contributed by atoms with Crippen LogP contribution in [0.5, 0.6) is 0 Å². The maximum atomic E-state index is 6.75. The number of benzene rings is 2. The SMILES string of the molecule is CCOCC1(CO[Si](C)(C)C(C)(C)C)c2ccccc2-c2ccccc21. The summed E-state index contributed by atoms with van der Waals surface area (Å²) in [5.74, 6) is 0. The Morgan fingerprint density at radius 3 is 1.81 bits per heavy atom. The molecule has 0 saturated carbocycles. The third kappa shape index (κ3) is 3.17. The van der Waals surface area contributed by atoms with E-state index in [-0.39, 0.29) is 10.5 Å². The first-order valence-electron chi connectivity index (χ1n) is 9.64. The van der Waals surface area contributed by atoms with E-state index in [1.807, 2.05) is 0 Å². The van der Waals surface area contributed by atoms with E-state index in [0.29, 0.717) is 19.8 Å². The Hall–Kier alpha value is -1.42. The van der Waals surface area contributed by atoms with Crippen LogP contribution in [0.4, 0.5) is 0 Å². The van der Waals surface area contributed by atoms with Gasteiger partial charge >= 0.3 is 0 Å². The van der Waals surface area contributed by atoms with Crippen LogP contribution in [0.1, 0.15) is 38.8 Å². The molecule has 3 rings (SSSR count). The van der Waals surface area contributed by atoms with Crippen LogP contribution >= 0.6 is 0 Å². The Kier molecular flexibility index (Phi) is 5.17. The molecule has 2 aromatic rings. The van der Waals surface area contributed by atoms with E-state index in [1.165, 1.54) is 22.3 Å². The fourth-order valence-corrected chi connectivity index (χ4v) is 4.61. The number of hydrogen-bond acceptors (Lipinski definition) is 2. The highest BCUT2D eigenvalue weighted by Crippen LogP contribution is 2.50. The van der Waals surface area contributed by atoms with E-state index in [4.69, 9.17) is 9.16 Å². The lowest BCUT2D eigenvalue weighted by atomic mass is 9.79. The van der Waals surface area contributed by atoms with Crippen molar-refractivity contribution < 1.29 is 9.16 Å². The van der Waals surface area contributed by atoms with E-state index in [9.17, 15) is 0 Å². The molecule has 140 valence electrons. The highest BCUT2D eigenvalue weighted by atomic mass is 28.4. The molecule has 0 unspecified atom stereocenters. The van der Waals surface area contributed by atoms with Gasteiger partial charge in [0, 0.05) is 13.2 Å². The second kappa shape index (κ2) is 6.95. The van der Waals surface area contributed by atoms with Gasteiger partial charge in [-0.05, 0) is 47.3 Å². The average Bonchev–Trinajstić information content (AvgIpc) is 2.88. The quantitative estimate of drug-likeness (QED) is 0.581. The second-order valence-electron chi connectivity index (χ2n) is 8.86. The first-order valence-corrected chi connectivity index (χ1v) is 12.5. The molecule has 0 aliphatic heterocycles. The zero-order valence-electron chi connectivity index (χ0n) is 17.1. The Labute approximate surface area is 159 Å². The third-order valence-corrected chi connectivity index (χ3v) is 10.7. The summed E-state index contributed by atoms with van der Waals surface area (Å²) in [6.45, 7) is 15.7. The summed E-state index contributed by atoms with van der Waals surface area (Å²) in [5.41, 5.74) is 5.10. The Morgan fingerprint density at radius 1 is 0.846 bits per heavy atom. The molecule has 26 heavy (non-hydrogen) atoms. The van der Waals surface area contributed by atoms with Gasteiger partial charge in [-0.3, -0.25) is 0 Å². The van der Waals surface area contributed by atoms with Crippen molar-refractivity contribution in [2.24, 2.45) is 0 Å². The summed E-state index contributed by atoms with van der Waals surface area (Å²) in [5, 5.41) is 0.192. The van der Waals surface area contributed by atoms with Crippen LogP contribution in [-0.2, 0) is 14.6 Å². The molecule has 0 amide bonds. The van der Waals surface area contributed by atoms with Gasteiger partial charge in [0.05, 0.1) is 12.0 Å². The number of hydrogen-bond donors (Lipinski definition) is 0. The monoisotopic (exact) mass is 368 g/mol. The molecule has 3 heteroatoms. The molecule has 0 N–H and O–H groups in total. The minimum Gasteiger partial charge on any atom is -0.415 e. The molecule has 0 radical (unpaired) electrons. The molecule has 2 aromatic carbocycles. The van der Waals surface area contributed by atoms with E-state index < -0.39 is 8.32 Å². The van der Waals surface area contributed by atoms with Crippen LogP contribution < -0.4 is 0 Å². The maximum Gasteiger partial charge on any atom is 0.192 e. The van der Waals surface area contributed by atoms with E-state index in [0.717, 1.165) is 0 Å². The minimum absolute atomic E-state index is 0.192. The Morgan fingerprint density at radius 2 is 1.35 bits per heavy atom.